The summed E-state index contributed by atoms with van der Waals surface area (Å²) in [5.74, 6) is 1.66. The highest BCUT2D eigenvalue weighted by Gasteiger charge is 2.25. The summed E-state index contributed by atoms with van der Waals surface area (Å²) in [4.78, 5) is 15.7. The van der Waals surface area contributed by atoms with E-state index in [-0.39, 0.29) is 0 Å². The minimum Gasteiger partial charge on any atom is -0.319 e. The first-order valence-corrected chi connectivity index (χ1v) is 17.3. The van der Waals surface area contributed by atoms with Crippen LogP contribution in [0.15, 0.2) is 164 Å². The van der Waals surface area contributed by atoms with E-state index in [4.69, 9.17) is 15.0 Å². The molecule has 5 heteroatoms. The average Bonchev–Trinajstić information content (AvgIpc) is 3.74. The molecule has 10 aromatic rings. The summed E-state index contributed by atoms with van der Waals surface area (Å²) in [5, 5.41) is 3.36. The van der Waals surface area contributed by atoms with E-state index in [1.165, 1.54) is 22.2 Å². The second-order valence-electron chi connectivity index (χ2n) is 13.3. The molecule has 0 amide bonds. The van der Waals surface area contributed by atoms with Crippen LogP contribution in [0, 0.1) is 0 Å². The van der Waals surface area contributed by atoms with Crippen LogP contribution in [0.1, 0.15) is 5.56 Å². The maximum absolute atomic E-state index is 5.28. The quantitative estimate of drug-likeness (QED) is 0.190. The van der Waals surface area contributed by atoms with Gasteiger partial charge in [-0.05, 0) is 58.7 Å². The van der Waals surface area contributed by atoms with Crippen molar-refractivity contribution in [2.75, 3.05) is 0 Å². The zero-order valence-electron chi connectivity index (χ0n) is 27.5. The molecule has 5 nitrogen and oxygen atoms in total. The zero-order chi connectivity index (χ0) is 33.5. The third-order valence-corrected chi connectivity index (χ3v) is 10.4. The van der Waals surface area contributed by atoms with E-state index in [9.17, 15) is 0 Å². The molecule has 0 atom stereocenters. The first kappa shape index (κ1) is 28.0. The van der Waals surface area contributed by atoms with Gasteiger partial charge in [0.05, 0.1) is 39.8 Å². The van der Waals surface area contributed by atoms with Crippen LogP contribution in [-0.2, 0) is 6.54 Å². The summed E-state index contributed by atoms with van der Waals surface area (Å²) < 4.78 is 4.60. The Labute approximate surface area is 293 Å². The Balaban J connectivity index is 1.14. The van der Waals surface area contributed by atoms with Crippen molar-refractivity contribution >= 4 is 43.7 Å². The highest BCUT2D eigenvalue weighted by atomic mass is 15.2. The van der Waals surface area contributed by atoms with Crippen molar-refractivity contribution in [1.82, 2.24) is 24.1 Å². The van der Waals surface area contributed by atoms with Gasteiger partial charge in [-0.15, -0.1) is 0 Å². The molecular weight excluding hydrogens is 623 g/mol. The zero-order valence-corrected chi connectivity index (χ0v) is 27.5. The summed E-state index contributed by atoms with van der Waals surface area (Å²) in [5.41, 5.74) is 14.5. The topological polar surface area (TPSA) is 48.5 Å². The average molecular weight is 652 g/mol. The third-order valence-electron chi connectivity index (χ3n) is 10.4. The maximum Gasteiger partial charge on any atom is 0.235 e. The Morgan fingerprint density at radius 2 is 1.14 bits per heavy atom. The van der Waals surface area contributed by atoms with Crippen LogP contribution in [0.3, 0.4) is 0 Å². The van der Waals surface area contributed by atoms with Crippen LogP contribution in [0.2, 0.25) is 0 Å². The Morgan fingerprint density at radius 1 is 0.431 bits per heavy atom. The number of benzene rings is 7. The molecule has 0 fully saturated rings. The van der Waals surface area contributed by atoms with E-state index in [0.717, 1.165) is 78.5 Å². The van der Waals surface area contributed by atoms with Crippen molar-refractivity contribution in [2.24, 2.45) is 0 Å². The summed E-state index contributed by atoms with van der Waals surface area (Å²) in [6, 6.07) is 57.9. The molecule has 11 rings (SSSR count). The number of imidazole rings is 1. The van der Waals surface area contributed by atoms with Crippen LogP contribution in [0.5, 0.6) is 0 Å². The van der Waals surface area contributed by atoms with Gasteiger partial charge in [-0.3, -0.25) is 4.57 Å². The number of rotatable bonds is 4. The minimum absolute atomic E-state index is 0.660. The molecule has 0 spiro atoms. The van der Waals surface area contributed by atoms with Gasteiger partial charge in [0.1, 0.15) is 5.82 Å². The maximum atomic E-state index is 5.28. The number of hydrogen-bond donors (Lipinski definition) is 0. The van der Waals surface area contributed by atoms with E-state index < -0.39 is 0 Å². The molecule has 0 bridgehead atoms. The molecule has 1 aliphatic heterocycles. The Hall–Kier alpha value is -6.85. The summed E-state index contributed by atoms with van der Waals surface area (Å²) >= 11 is 0. The summed E-state index contributed by atoms with van der Waals surface area (Å²) in [6.07, 6.45) is 0. The third kappa shape index (κ3) is 4.25. The lowest BCUT2D eigenvalue weighted by atomic mass is 9.92. The molecule has 4 heterocycles. The lowest BCUT2D eigenvalue weighted by Crippen LogP contribution is -2.08. The lowest BCUT2D eigenvalue weighted by Gasteiger charge is -2.21. The van der Waals surface area contributed by atoms with E-state index >= 15 is 0 Å². The van der Waals surface area contributed by atoms with Crippen molar-refractivity contribution in [3.63, 3.8) is 0 Å². The largest absolute Gasteiger partial charge is 0.319 e. The van der Waals surface area contributed by atoms with Gasteiger partial charge >= 0.3 is 0 Å². The SMILES string of the molecule is c1ccc(-c2nc(-n3c4ccccc4c4cc(-c5cc6c7c(c5)nc(-c5ccccc5)n7Cc5ccccc5-6)ccc43)nc3ccccc23)cc1. The van der Waals surface area contributed by atoms with Gasteiger partial charge in [0.2, 0.25) is 5.95 Å². The molecule has 1 aliphatic rings. The molecule has 0 N–H and O–H groups in total. The van der Waals surface area contributed by atoms with Crippen molar-refractivity contribution in [3.8, 4) is 50.8 Å². The number of para-hydroxylation sites is 2. The molecule has 0 radical (unpaired) electrons. The molecule has 3 aromatic heterocycles. The van der Waals surface area contributed by atoms with Crippen LogP contribution < -0.4 is 0 Å². The van der Waals surface area contributed by atoms with E-state index in [1.807, 2.05) is 12.1 Å². The molecule has 51 heavy (non-hydrogen) atoms. The molecule has 0 unspecified atom stereocenters. The highest BCUT2D eigenvalue weighted by Crippen LogP contribution is 2.43. The van der Waals surface area contributed by atoms with Crippen LogP contribution >= 0.6 is 0 Å². The second kappa shape index (κ2) is 10.8. The predicted octanol–water partition coefficient (Wildman–Crippen LogP) is 11.1. The van der Waals surface area contributed by atoms with E-state index in [2.05, 4.69) is 161 Å². The van der Waals surface area contributed by atoms with Gasteiger partial charge < -0.3 is 4.57 Å². The fourth-order valence-corrected chi connectivity index (χ4v) is 8.04. The number of hydrogen-bond acceptors (Lipinski definition) is 3. The van der Waals surface area contributed by atoms with Gasteiger partial charge in [0.25, 0.3) is 0 Å². The Bertz CT molecular complexity index is 2990. The first-order chi connectivity index (χ1) is 25.3. The summed E-state index contributed by atoms with van der Waals surface area (Å²) in [7, 11) is 0. The van der Waals surface area contributed by atoms with E-state index in [1.54, 1.807) is 0 Å². The fraction of sp³-hybridized carbons (Fsp3) is 0.0217. The summed E-state index contributed by atoms with van der Waals surface area (Å²) in [6.45, 7) is 0.803. The second-order valence-corrected chi connectivity index (χ2v) is 13.3. The van der Waals surface area contributed by atoms with Crippen LogP contribution in [0.4, 0.5) is 0 Å². The predicted molar refractivity (Wildman–Crippen MR) is 208 cm³/mol. The van der Waals surface area contributed by atoms with Gasteiger partial charge in [0, 0.05) is 32.8 Å². The highest BCUT2D eigenvalue weighted by molar-refractivity contribution is 6.11. The lowest BCUT2D eigenvalue weighted by molar-refractivity contribution is 0.827. The molecule has 0 aliphatic carbocycles. The number of fused-ring (bicyclic) bond motifs is 6. The van der Waals surface area contributed by atoms with Gasteiger partial charge in [-0.25, -0.2) is 15.0 Å². The number of aromatic nitrogens is 5. The van der Waals surface area contributed by atoms with Gasteiger partial charge in [-0.1, -0.05) is 127 Å². The smallest absolute Gasteiger partial charge is 0.235 e. The molecule has 238 valence electrons. The van der Waals surface area contributed by atoms with Crippen molar-refractivity contribution in [1.29, 1.82) is 0 Å². The minimum atomic E-state index is 0.660. The Morgan fingerprint density at radius 3 is 2.00 bits per heavy atom. The van der Waals surface area contributed by atoms with Crippen molar-refractivity contribution in [3.05, 3.63) is 169 Å². The van der Waals surface area contributed by atoms with Crippen LogP contribution in [-0.4, -0.2) is 24.1 Å². The number of nitrogens with zero attached hydrogens (tertiary/aromatic N) is 5. The molecule has 0 saturated heterocycles. The Kier molecular flexibility index (Phi) is 5.95. The monoisotopic (exact) mass is 651 g/mol. The van der Waals surface area contributed by atoms with E-state index in [0.29, 0.717) is 5.95 Å². The normalized spacial score (nSPS) is 12.2. The van der Waals surface area contributed by atoms with Crippen molar-refractivity contribution < 1.29 is 0 Å². The van der Waals surface area contributed by atoms with Crippen LogP contribution in [0.25, 0.3) is 94.6 Å². The molecular formula is C46H29N5. The fourth-order valence-electron chi connectivity index (χ4n) is 8.04. The first-order valence-electron chi connectivity index (χ1n) is 17.3. The van der Waals surface area contributed by atoms with Crippen molar-refractivity contribution in [2.45, 2.75) is 6.54 Å². The standard InChI is InChI=1S/C46H29N5/c1-3-13-29(14-4-1)43-36-20-9-11-21-39(36)48-46(49-43)51-41-22-12-10-19-35(41)37-25-31(23-24-42(37)51)33-26-38-34-18-8-7-17-32(34)28-50-44(38)40(27-33)47-45(50)30-15-5-2-6-16-30/h1-27H,28H2. The van der Waals surface area contributed by atoms with Gasteiger partial charge in [0.15, 0.2) is 0 Å². The molecule has 0 saturated carbocycles. The van der Waals surface area contributed by atoms with Gasteiger partial charge in [-0.2, -0.15) is 0 Å². The molecule has 7 aromatic carbocycles.